The van der Waals surface area contributed by atoms with Crippen LogP contribution in [0.15, 0.2) is 24.3 Å². The number of imide groups is 1. The summed E-state index contributed by atoms with van der Waals surface area (Å²) in [4.78, 5) is 23.6. The molecule has 2 rings (SSSR count). The van der Waals surface area contributed by atoms with Crippen molar-refractivity contribution in [3.63, 3.8) is 0 Å². The van der Waals surface area contributed by atoms with E-state index < -0.39 is 0 Å². The molecule has 1 heterocycles. The van der Waals surface area contributed by atoms with E-state index in [1.807, 2.05) is 12.1 Å². The molecule has 78 valence electrons. The van der Waals surface area contributed by atoms with Gasteiger partial charge < -0.3 is 4.90 Å². The van der Waals surface area contributed by atoms with E-state index in [9.17, 15) is 9.59 Å². The smallest absolute Gasteiger partial charge is 0.311 e. The van der Waals surface area contributed by atoms with E-state index in [1.54, 1.807) is 12.1 Å². The summed E-state index contributed by atoms with van der Waals surface area (Å²) in [5, 5.41) is 2.84. The van der Waals surface area contributed by atoms with Crippen LogP contribution in [0, 0.1) is 0 Å². The first kappa shape index (κ1) is 9.98. The maximum absolute atomic E-state index is 11.2. The molecule has 1 N–H and O–H groups in total. The van der Waals surface area contributed by atoms with E-state index in [0.29, 0.717) is 11.6 Å². The Labute approximate surface area is 91.8 Å². The minimum absolute atomic E-state index is 0.116. The zero-order valence-electron chi connectivity index (χ0n) is 7.87. The Bertz CT molecular complexity index is 420. The van der Waals surface area contributed by atoms with Gasteiger partial charge in [-0.05, 0) is 17.7 Å². The molecular weight excluding hydrogens is 216 g/mol. The second kappa shape index (κ2) is 3.90. The van der Waals surface area contributed by atoms with Crippen molar-refractivity contribution in [1.29, 1.82) is 0 Å². The molecule has 0 spiro atoms. The molecule has 1 aromatic rings. The molecule has 1 fully saturated rings. The molecule has 0 saturated carbocycles. The molecule has 1 aliphatic rings. The second-order valence-electron chi connectivity index (χ2n) is 3.34. The van der Waals surface area contributed by atoms with Crippen molar-refractivity contribution in [3.8, 4) is 0 Å². The van der Waals surface area contributed by atoms with Gasteiger partial charge in [0.2, 0.25) is 5.91 Å². The lowest BCUT2D eigenvalue weighted by Crippen LogP contribution is -2.27. The molecule has 0 unspecified atom stereocenters. The van der Waals surface area contributed by atoms with Crippen LogP contribution >= 0.6 is 11.6 Å². The topological polar surface area (TPSA) is 49.4 Å². The summed E-state index contributed by atoms with van der Waals surface area (Å²) >= 11 is 5.81. The molecule has 1 aliphatic heterocycles. The van der Waals surface area contributed by atoms with E-state index in [0.717, 1.165) is 5.56 Å². The van der Waals surface area contributed by atoms with Gasteiger partial charge in [-0.3, -0.25) is 10.1 Å². The van der Waals surface area contributed by atoms with Gasteiger partial charge in [-0.2, -0.15) is 0 Å². The van der Waals surface area contributed by atoms with Gasteiger partial charge in [-0.25, -0.2) is 4.79 Å². The monoisotopic (exact) mass is 224 g/mol. The van der Waals surface area contributed by atoms with Crippen LogP contribution in [0.1, 0.15) is 5.56 Å². The van der Waals surface area contributed by atoms with Crippen LogP contribution in [0.4, 0.5) is 4.79 Å². The van der Waals surface area contributed by atoms with Crippen LogP contribution < -0.4 is 5.32 Å². The summed E-state index contributed by atoms with van der Waals surface area (Å²) in [6, 6.07) is 6.87. The summed E-state index contributed by atoms with van der Waals surface area (Å²) < 4.78 is 0. The third-order valence-electron chi connectivity index (χ3n) is 2.13. The number of amides is 3. The molecular formula is C10H9ClN2O2. The van der Waals surface area contributed by atoms with Gasteiger partial charge in [0.05, 0.1) is 0 Å². The average Bonchev–Trinajstić information content (AvgIpc) is 2.45. The van der Waals surface area contributed by atoms with E-state index in [-0.39, 0.29) is 18.5 Å². The van der Waals surface area contributed by atoms with Crippen molar-refractivity contribution in [3.05, 3.63) is 34.9 Å². The van der Waals surface area contributed by atoms with Gasteiger partial charge >= 0.3 is 6.03 Å². The third kappa shape index (κ3) is 2.27. The Morgan fingerprint density at radius 3 is 2.80 bits per heavy atom. The number of hydrogen-bond acceptors (Lipinski definition) is 2. The highest BCUT2D eigenvalue weighted by Crippen LogP contribution is 2.13. The van der Waals surface area contributed by atoms with Crippen LogP contribution in [0.2, 0.25) is 5.02 Å². The Balaban J connectivity index is 2.09. The molecule has 0 atom stereocenters. The average molecular weight is 225 g/mol. The van der Waals surface area contributed by atoms with Crippen molar-refractivity contribution < 1.29 is 9.59 Å². The van der Waals surface area contributed by atoms with Gasteiger partial charge in [0, 0.05) is 11.6 Å². The van der Waals surface area contributed by atoms with Crippen molar-refractivity contribution in [2.75, 3.05) is 6.54 Å². The molecule has 3 amide bonds. The largest absolute Gasteiger partial charge is 0.324 e. The van der Waals surface area contributed by atoms with Gasteiger partial charge in [-0.15, -0.1) is 0 Å². The molecule has 0 radical (unpaired) electrons. The zero-order chi connectivity index (χ0) is 10.8. The third-order valence-corrected chi connectivity index (χ3v) is 2.37. The standard InChI is InChI=1S/C10H9ClN2O2/c11-8-3-1-2-7(4-8)5-13-6-9(14)12-10(13)15/h1-4H,5-6H2,(H,12,14,15). The number of urea groups is 1. The van der Waals surface area contributed by atoms with Crippen LogP contribution in [0.5, 0.6) is 0 Å². The normalized spacial score (nSPS) is 15.7. The first-order valence-corrected chi connectivity index (χ1v) is 4.86. The molecule has 1 saturated heterocycles. The lowest BCUT2D eigenvalue weighted by atomic mass is 10.2. The van der Waals surface area contributed by atoms with Crippen molar-refractivity contribution in [1.82, 2.24) is 10.2 Å². The van der Waals surface area contributed by atoms with E-state index >= 15 is 0 Å². The van der Waals surface area contributed by atoms with Gasteiger partial charge in [0.25, 0.3) is 0 Å². The van der Waals surface area contributed by atoms with E-state index in [2.05, 4.69) is 5.32 Å². The summed E-state index contributed by atoms with van der Waals surface area (Å²) in [5.74, 6) is -0.262. The highest BCUT2D eigenvalue weighted by molar-refractivity contribution is 6.30. The van der Waals surface area contributed by atoms with Crippen LogP contribution in [-0.2, 0) is 11.3 Å². The number of carbonyl (C=O) groups excluding carboxylic acids is 2. The van der Waals surface area contributed by atoms with Crippen LogP contribution in [0.25, 0.3) is 0 Å². The second-order valence-corrected chi connectivity index (χ2v) is 3.78. The van der Waals surface area contributed by atoms with Crippen LogP contribution in [0.3, 0.4) is 0 Å². The van der Waals surface area contributed by atoms with Gasteiger partial charge in [0.1, 0.15) is 6.54 Å². The zero-order valence-corrected chi connectivity index (χ0v) is 8.62. The lowest BCUT2D eigenvalue weighted by Gasteiger charge is -2.12. The molecule has 15 heavy (non-hydrogen) atoms. The minimum atomic E-state index is -0.347. The maximum Gasteiger partial charge on any atom is 0.324 e. The Kier molecular flexibility index (Phi) is 2.60. The summed E-state index contributed by atoms with van der Waals surface area (Å²) in [5.41, 5.74) is 0.910. The summed E-state index contributed by atoms with van der Waals surface area (Å²) in [7, 11) is 0. The molecule has 0 aromatic heterocycles. The van der Waals surface area contributed by atoms with Crippen molar-refractivity contribution in [2.45, 2.75) is 6.54 Å². The summed E-state index contributed by atoms with van der Waals surface area (Å²) in [6.07, 6.45) is 0. The molecule has 1 aromatic carbocycles. The number of carbonyl (C=O) groups is 2. The highest BCUT2D eigenvalue weighted by Gasteiger charge is 2.26. The lowest BCUT2D eigenvalue weighted by molar-refractivity contribution is -0.118. The first-order valence-electron chi connectivity index (χ1n) is 4.48. The number of nitrogens with one attached hydrogen (secondary N) is 1. The fourth-order valence-electron chi connectivity index (χ4n) is 1.47. The van der Waals surface area contributed by atoms with Gasteiger partial charge in [-0.1, -0.05) is 23.7 Å². The van der Waals surface area contributed by atoms with Gasteiger partial charge in [0.15, 0.2) is 0 Å². The number of benzene rings is 1. The van der Waals surface area contributed by atoms with E-state index in [1.165, 1.54) is 4.90 Å². The Morgan fingerprint density at radius 1 is 1.40 bits per heavy atom. The molecule has 4 nitrogen and oxygen atoms in total. The Morgan fingerprint density at radius 2 is 2.20 bits per heavy atom. The van der Waals surface area contributed by atoms with Crippen LogP contribution in [-0.4, -0.2) is 23.4 Å². The molecule has 5 heteroatoms. The SMILES string of the molecule is O=C1CN(Cc2cccc(Cl)c2)C(=O)N1. The fraction of sp³-hybridized carbons (Fsp3) is 0.200. The Hall–Kier alpha value is -1.55. The summed E-state index contributed by atoms with van der Waals surface area (Å²) in [6.45, 7) is 0.517. The number of rotatable bonds is 2. The predicted molar refractivity (Wildman–Crippen MR) is 55.4 cm³/mol. The first-order chi connectivity index (χ1) is 7.15. The number of nitrogens with zero attached hydrogens (tertiary/aromatic N) is 1. The number of halogens is 1. The van der Waals surface area contributed by atoms with E-state index in [4.69, 9.17) is 11.6 Å². The minimum Gasteiger partial charge on any atom is -0.311 e. The van der Waals surface area contributed by atoms with Crippen molar-refractivity contribution >= 4 is 23.5 Å². The fourth-order valence-corrected chi connectivity index (χ4v) is 1.68. The molecule has 0 bridgehead atoms. The maximum atomic E-state index is 11.2. The number of hydrogen-bond donors (Lipinski definition) is 1. The quantitative estimate of drug-likeness (QED) is 0.772. The highest BCUT2D eigenvalue weighted by atomic mass is 35.5. The van der Waals surface area contributed by atoms with Crippen molar-refractivity contribution in [2.24, 2.45) is 0 Å². The molecule has 0 aliphatic carbocycles. The predicted octanol–water partition coefficient (Wildman–Crippen LogP) is 1.39.